The Hall–Kier alpha value is -0.0500. The van der Waals surface area contributed by atoms with Crippen LogP contribution >= 0.6 is 15.9 Å². The van der Waals surface area contributed by atoms with Crippen LogP contribution in [0.15, 0.2) is 0 Å². The third kappa shape index (κ3) is 3.58. The van der Waals surface area contributed by atoms with Crippen molar-refractivity contribution >= 4 is 21.8 Å². The van der Waals surface area contributed by atoms with Gasteiger partial charge in [0.1, 0.15) is 0 Å². The molecule has 0 bridgehead atoms. The van der Waals surface area contributed by atoms with Gasteiger partial charge >= 0.3 is 0 Å². The lowest BCUT2D eigenvalue weighted by atomic mass is 9.67. The van der Waals surface area contributed by atoms with E-state index in [-0.39, 0.29) is 0 Å². The van der Waals surface area contributed by atoms with Crippen molar-refractivity contribution in [3.05, 3.63) is 0 Å². The molecule has 3 heteroatoms. The van der Waals surface area contributed by atoms with Crippen LogP contribution in [-0.2, 0) is 4.79 Å². The van der Waals surface area contributed by atoms with Gasteiger partial charge in [-0.1, -0.05) is 41.6 Å². The molecule has 3 aliphatic rings. The van der Waals surface area contributed by atoms with Crippen molar-refractivity contribution in [1.82, 2.24) is 5.32 Å². The number of fused-ring (bicyclic) bond motifs is 1. The third-order valence-corrected chi connectivity index (χ3v) is 6.78. The topological polar surface area (TPSA) is 29.1 Å². The highest BCUT2D eigenvalue weighted by atomic mass is 79.9. The van der Waals surface area contributed by atoms with Crippen LogP contribution in [0.5, 0.6) is 0 Å². The minimum atomic E-state index is 0.315. The van der Waals surface area contributed by atoms with E-state index in [0.29, 0.717) is 22.6 Å². The van der Waals surface area contributed by atoms with Gasteiger partial charge in [-0.05, 0) is 56.3 Å². The number of hydrogen-bond acceptors (Lipinski definition) is 1. The SMILES string of the molecule is O=C(NCC1CCC(Br)C1)C1CCC2CCCCC2C1. The average Bonchev–Trinajstić information content (AvgIpc) is 2.90. The molecule has 0 aromatic heterocycles. The summed E-state index contributed by atoms with van der Waals surface area (Å²) >= 11 is 3.69. The molecule has 0 aliphatic heterocycles. The Morgan fingerprint density at radius 3 is 2.50 bits per heavy atom. The molecule has 0 aromatic carbocycles. The Bertz CT molecular complexity index is 346. The van der Waals surface area contributed by atoms with Gasteiger partial charge in [0.15, 0.2) is 0 Å². The summed E-state index contributed by atoms with van der Waals surface area (Å²) in [7, 11) is 0. The smallest absolute Gasteiger partial charge is 0.223 e. The van der Waals surface area contributed by atoms with Gasteiger partial charge in [0.05, 0.1) is 0 Å². The zero-order valence-electron chi connectivity index (χ0n) is 12.5. The molecular formula is C17H28BrNO. The van der Waals surface area contributed by atoms with Crippen molar-refractivity contribution in [2.45, 2.75) is 69.0 Å². The molecular weight excluding hydrogens is 314 g/mol. The highest BCUT2D eigenvalue weighted by molar-refractivity contribution is 9.09. The number of halogens is 1. The van der Waals surface area contributed by atoms with Gasteiger partial charge in [0.25, 0.3) is 0 Å². The maximum Gasteiger partial charge on any atom is 0.223 e. The first-order chi connectivity index (χ1) is 9.72. The average molecular weight is 342 g/mol. The van der Waals surface area contributed by atoms with Crippen LogP contribution in [0.2, 0.25) is 0 Å². The van der Waals surface area contributed by atoms with Crippen LogP contribution in [-0.4, -0.2) is 17.3 Å². The Labute approximate surface area is 131 Å². The van der Waals surface area contributed by atoms with Crippen molar-refractivity contribution in [2.24, 2.45) is 23.7 Å². The molecule has 0 spiro atoms. The second-order valence-electron chi connectivity index (χ2n) is 7.34. The molecule has 20 heavy (non-hydrogen) atoms. The van der Waals surface area contributed by atoms with Crippen molar-refractivity contribution in [2.75, 3.05) is 6.54 Å². The highest BCUT2D eigenvalue weighted by Crippen LogP contribution is 2.42. The Morgan fingerprint density at radius 2 is 1.75 bits per heavy atom. The number of rotatable bonds is 3. The van der Waals surface area contributed by atoms with E-state index in [4.69, 9.17) is 0 Å². The molecule has 5 atom stereocenters. The van der Waals surface area contributed by atoms with E-state index >= 15 is 0 Å². The Balaban J connectivity index is 1.43. The van der Waals surface area contributed by atoms with Crippen LogP contribution in [0.3, 0.4) is 0 Å². The molecule has 2 nitrogen and oxygen atoms in total. The molecule has 0 saturated heterocycles. The van der Waals surface area contributed by atoms with E-state index in [1.165, 1.54) is 57.8 Å². The predicted octanol–water partition coefficient (Wildman–Crippen LogP) is 4.27. The van der Waals surface area contributed by atoms with Crippen molar-refractivity contribution in [3.63, 3.8) is 0 Å². The zero-order valence-corrected chi connectivity index (χ0v) is 14.0. The number of carbonyl (C=O) groups excluding carboxylic acids is 1. The molecule has 1 amide bonds. The molecule has 3 aliphatic carbocycles. The lowest BCUT2D eigenvalue weighted by Gasteiger charge is -2.38. The first kappa shape index (κ1) is 14.9. The van der Waals surface area contributed by atoms with Gasteiger partial charge < -0.3 is 5.32 Å². The summed E-state index contributed by atoms with van der Waals surface area (Å²) in [5.41, 5.74) is 0. The Morgan fingerprint density at radius 1 is 0.950 bits per heavy atom. The molecule has 5 unspecified atom stereocenters. The van der Waals surface area contributed by atoms with Gasteiger partial charge in [-0.15, -0.1) is 0 Å². The third-order valence-electron chi connectivity index (χ3n) is 5.95. The highest BCUT2D eigenvalue weighted by Gasteiger charge is 2.35. The van der Waals surface area contributed by atoms with Crippen LogP contribution in [0.4, 0.5) is 0 Å². The number of alkyl halides is 1. The molecule has 0 heterocycles. The molecule has 3 fully saturated rings. The summed E-state index contributed by atoms with van der Waals surface area (Å²) in [6.07, 6.45) is 13.0. The summed E-state index contributed by atoms with van der Waals surface area (Å²) in [5.74, 6) is 3.17. The first-order valence-electron chi connectivity index (χ1n) is 8.64. The number of amides is 1. The van der Waals surface area contributed by atoms with E-state index in [1.54, 1.807) is 0 Å². The van der Waals surface area contributed by atoms with Gasteiger partial charge in [-0.2, -0.15) is 0 Å². The van der Waals surface area contributed by atoms with E-state index in [1.807, 2.05) is 0 Å². The van der Waals surface area contributed by atoms with Crippen LogP contribution in [0.1, 0.15) is 64.2 Å². The first-order valence-corrected chi connectivity index (χ1v) is 9.55. The number of carbonyl (C=O) groups is 1. The lowest BCUT2D eigenvalue weighted by Crippen LogP contribution is -2.38. The maximum atomic E-state index is 12.4. The normalized spacial score (nSPS) is 41.1. The molecule has 0 aromatic rings. The van der Waals surface area contributed by atoms with E-state index in [2.05, 4.69) is 21.2 Å². The molecule has 1 N–H and O–H groups in total. The Kier molecular flexibility index (Phi) is 5.06. The van der Waals surface area contributed by atoms with Gasteiger partial charge in [-0.3, -0.25) is 4.79 Å². The summed E-state index contributed by atoms with van der Waals surface area (Å²) in [6, 6.07) is 0. The molecule has 0 radical (unpaired) electrons. The van der Waals surface area contributed by atoms with Crippen LogP contribution < -0.4 is 5.32 Å². The fraction of sp³-hybridized carbons (Fsp3) is 0.941. The van der Waals surface area contributed by atoms with E-state index in [9.17, 15) is 4.79 Å². The number of nitrogens with one attached hydrogen (secondary N) is 1. The summed E-state index contributed by atoms with van der Waals surface area (Å²) in [6.45, 7) is 0.908. The van der Waals surface area contributed by atoms with Crippen LogP contribution in [0.25, 0.3) is 0 Å². The summed E-state index contributed by atoms with van der Waals surface area (Å²) in [4.78, 5) is 13.1. The predicted molar refractivity (Wildman–Crippen MR) is 85.9 cm³/mol. The van der Waals surface area contributed by atoms with Crippen molar-refractivity contribution < 1.29 is 4.79 Å². The minimum absolute atomic E-state index is 0.315. The quantitative estimate of drug-likeness (QED) is 0.763. The molecule has 3 saturated carbocycles. The van der Waals surface area contributed by atoms with Gasteiger partial charge in [-0.25, -0.2) is 0 Å². The lowest BCUT2D eigenvalue weighted by molar-refractivity contribution is -0.127. The van der Waals surface area contributed by atoms with Crippen molar-refractivity contribution in [1.29, 1.82) is 0 Å². The summed E-state index contributed by atoms with van der Waals surface area (Å²) in [5, 5.41) is 3.25. The van der Waals surface area contributed by atoms with E-state index < -0.39 is 0 Å². The number of hydrogen-bond donors (Lipinski definition) is 1. The van der Waals surface area contributed by atoms with Gasteiger partial charge in [0.2, 0.25) is 5.91 Å². The van der Waals surface area contributed by atoms with E-state index in [0.717, 1.165) is 24.8 Å². The van der Waals surface area contributed by atoms with Crippen LogP contribution in [0, 0.1) is 23.7 Å². The largest absolute Gasteiger partial charge is 0.356 e. The fourth-order valence-electron chi connectivity index (χ4n) is 4.70. The van der Waals surface area contributed by atoms with Gasteiger partial charge in [0, 0.05) is 17.3 Å². The second kappa shape index (κ2) is 6.81. The minimum Gasteiger partial charge on any atom is -0.356 e. The zero-order chi connectivity index (χ0) is 13.9. The monoisotopic (exact) mass is 341 g/mol. The second-order valence-corrected chi connectivity index (χ2v) is 8.63. The maximum absolute atomic E-state index is 12.4. The standard InChI is InChI=1S/C17H28BrNO/c18-16-8-5-12(9-16)11-19-17(20)15-7-6-13-3-1-2-4-14(13)10-15/h12-16H,1-11H2,(H,19,20). The summed E-state index contributed by atoms with van der Waals surface area (Å²) < 4.78 is 0. The fourth-order valence-corrected chi connectivity index (χ4v) is 5.49. The molecule has 3 rings (SSSR count). The van der Waals surface area contributed by atoms with Crippen molar-refractivity contribution in [3.8, 4) is 0 Å². The molecule has 114 valence electrons.